The molecule has 0 aliphatic heterocycles. The van der Waals surface area contributed by atoms with Crippen LogP contribution in [-0.2, 0) is 30.9 Å². The maximum atomic E-state index is 5.90. The molecule has 0 radical (unpaired) electrons. The van der Waals surface area contributed by atoms with Crippen molar-refractivity contribution in [3.63, 3.8) is 0 Å². The van der Waals surface area contributed by atoms with E-state index in [0.717, 1.165) is 24.7 Å². The van der Waals surface area contributed by atoms with Crippen molar-refractivity contribution < 1.29 is 9.15 Å². The summed E-state index contributed by atoms with van der Waals surface area (Å²) in [4.78, 5) is 4.29. The fraction of sp³-hybridized carbons (Fsp3) is 0.261. The van der Waals surface area contributed by atoms with Gasteiger partial charge >= 0.3 is 0 Å². The molecule has 0 aliphatic carbocycles. The monoisotopic (exact) mass is 377 g/mol. The Balaban J connectivity index is 1.46. The smallest absolute Gasteiger partial charge is 0.191 e. The third kappa shape index (κ3) is 6.28. The second kappa shape index (κ2) is 10.9. The van der Waals surface area contributed by atoms with Gasteiger partial charge in [-0.05, 0) is 28.8 Å². The second-order valence-electron chi connectivity index (χ2n) is 6.43. The zero-order valence-corrected chi connectivity index (χ0v) is 16.2. The average molecular weight is 377 g/mol. The quantitative estimate of drug-likeness (QED) is 0.439. The topological polar surface area (TPSA) is 58.8 Å². The summed E-state index contributed by atoms with van der Waals surface area (Å²) in [5.74, 6) is 1.73. The first-order valence-electron chi connectivity index (χ1n) is 9.50. The lowest BCUT2D eigenvalue weighted by Crippen LogP contribution is -2.38. The van der Waals surface area contributed by atoms with Crippen LogP contribution in [0.4, 0.5) is 0 Å². The van der Waals surface area contributed by atoms with Crippen LogP contribution in [0.5, 0.6) is 0 Å². The first-order valence-corrected chi connectivity index (χ1v) is 9.50. The summed E-state index contributed by atoms with van der Waals surface area (Å²) in [7, 11) is 1.77. The predicted octanol–water partition coefficient (Wildman–Crippen LogP) is 3.90. The van der Waals surface area contributed by atoms with Crippen molar-refractivity contribution in [2.75, 3.05) is 13.6 Å². The summed E-state index contributed by atoms with van der Waals surface area (Å²) >= 11 is 0. The molecule has 0 aliphatic rings. The standard InChI is InChI=1S/C23H27N3O2/c1-24-23(25-14-13-22-12-7-15-28-22)26-16-20-10-5-6-11-21(20)18-27-17-19-8-3-2-4-9-19/h2-12,15H,13-14,16-18H2,1H3,(H2,24,25,26). The number of nitrogens with zero attached hydrogens (tertiary/aromatic N) is 1. The molecule has 5 heteroatoms. The molecule has 0 atom stereocenters. The fourth-order valence-corrected chi connectivity index (χ4v) is 2.88. The number of nitrogens with one attached hydrogen (secondary N) is 2. The van der Waals surface area contributed by atoms with Gasteiger partial charge in [-0.3, -0.25) is 4.99 Å². The van der Waals surface area contributed by atoms with Gasteiger partial charge in [0.25, 0.3) is 0 Å². The minimum atomic E-state index is 0.581. The Morgan fingerprint density at radius 3 is 2.43 bits per heavy atom. The van der Waals surface area contributed by atoms with Crippen LogP contribution in [0.2, 0.25) is 0 Å². The van der Waals surface area contributed by atoms with E-state index < -0.39 is 0 Å². The van der Waals surface area contributed by atoms with Gasteiger partial charge in [0.15, 0.2) is 5.96 Å². The number of hydrogen-bond donors (Lipinski definition) is 2. The van der Waals surface area contributed by atoms with Crippen LogP contribution in [0, 0.1) is 0 Å². The molecule has 1 aromatic heterocycles. The van der Waals surface area contributed by atoms with E-state index in [9.17, 15) is 0 Å². The number of benzene rings is 2. The van der Waals surface area contributed by atoms with Gasteiger partial charge in [0.05, 0.1) is 19.5 Å². The molecule has 3 aromatic rings. The van der Waals surface area contributed by atoms with E-state index in [2.05, 4.69) is 39.9 Å². The van der Waals surface area contributed by atoms with Crippen LogP contribution in [-0.4, -0.2) is 19.6 Å². The highest BCUT2D eigenvalue weighted by Gasteiger charge is 2.05. The van der Waals surface area contributed by atoms with Gasteiger partial charge in [-0.1, -0.05) is 54.6 Å². The van der Waals surface area contributed by atoms with Crippen molar-refractivity contribution in [1.82, 2.24) is 10.6 Å². The van der Waals surface area contributed by atoms with Gasteiger partial charge in [0, 0.05) is 26.6 Å². The van der Waals surface area contributed by atoms with Crippen molar-refractivity contribution in [2.45, 2.75) is 26.2 Å². The summed E-state index contributed by atoms with van der Waals surface area (Å²) in [6, 6.07) is 22.4. The zero-order valence-electron chi connectivity index (χ0n) is 16.2. The molecule has 1 heterocycles. The number of furan rings is 1. The Hall–Kier alpha value is -3.05. The maximum absolute atomic E-state index is 5.90. The normalized spacial score (nSPS) is 11.4. The van der Waals surface area contributed by atoms with E-state index in [4.69, 9.17) is 9.15 Å². The Bertz CT molecular complexity index is 845. The van der Waals surface area contributed by atoms with E-state index in [0.29, 0.717) is 19.8 Å². The van der Waals surface area contributed by atoms with E-state index in [1.807, 2.05) is 42.5 Å². The molecule has 3 rings (SSSR count). The lowest BCUT2D eigenvalue weighted by molar-refractivity contribution is 0.106. The van der Waals surface area contributed by atoms with E-state index >= 15 is 0 Å². The number of ether oxygens (including phenoxy) is 1. The molecule has 0 saturated carbocycles. The number of aliphatic imine (C=N–C) groups is 1. The molecule has 2 aromatic carbocycles. The van der Waals surface area contributed by atoms with Crippen LogP contribution >= 0.6 is 0 Å². The molecule has 0 fully saturated rings. The van der Waals surface area contributed by atoms with E-state index in [1.165, 1.54) is 16.7 Å². The lowest BCUT2D eigenvalue weighted by Gasteiger charge is -2.14. The van der Waals surface area contributed by atoms with Gasteiger partial charge in [-0.15, -0.1) is 0 Å². The van der Waals surface area contributed by atoms with Gasteiger partial charge in [-0.2, -0.15) is 0 Å². The van der Waals surface area contributed by atoms with Gasteiger partial charge < -0.3 is 19.8 Å². The third-order valence-electron chi connectivity index (χ3n) is 4.40. The SMILES string of the molecule is CN=C(NCCc1ccco1)NCc1ccccc1COCc1ccccc1. The second-order valence-corrected chi connectivity index (χ2v) is 6.43. The summed E-state index contributed by atoms with van der Waals surface area (Å²) in [6.45, 7) is 2.64. The minimum Gasteiger partial charge on any atom is -0.469 e. The van der Waals surface area contributed by atoms with Crippen LogP contribution in [0.25, 0.3) is 0 Å². The summed E-state index contributed by atoms with van der Waals surface area (Å²) < 4.78 is 11.3. The molecule has 5 nitrogen and oxygen atoms in total. The Kier molecular flexibility index (Phi) is 7.70. The van der Waals surface area contributed by atoms with Crippen molar-refractivity contribution in [3.8, 4) is 0 Å². The molecule has 0 saturated heterocycles. The summed E-state index contributed by atoms with van der Waals surface area (Å²) in [5, 5.41) is 6.68. The van der Waals surface area contributed by atoms with Crippen molar-refractivity contribution in [2.24, 2.45) is 4.99 Å². The molecule has 0 spiro atoms. The first-order chi connectivity index (χ1) is 13.8. The molecular formula is C23H27N3O2. The zero-order chi connectivity index (χ0) is 19.4. The highest BCUT2D eigenvalue weighted by Crippen LogP contribution is 2.11. The minimum absolute atomic E-state index is 0.581. The first kappa shape index (κ1) is 19.7. The van der Waals surface area contributed by atoms with Crippen molar-refractivity contribution in [1.29, 1.82) is 0 Å². The molecule has 28 heavy (non-hydrogen) atoms. The van der Waals surface area contributed by atoms with Crippen LogP contribution in [0.1, 0.15) is 22.5 Å². The molecule has 0 amide bonds. The van der Waals surface area contributed by atoms with Gasteiger partial charge in [0.2, 0.25) is 0 Å². The molecule has 2 N–H and O–H groups in total. The molecular weight excluding hydrogens is 350 g/mol. The summed E-state index contributed by atoms with van der Waals surface area (Å²) in [5.41, 5.74) is 3.56. The third-order valence-corrected chi connectivity index (χ3v) is 4.40. The maximum Gasteiger partial charge on any atom is 0.191 e. The van der Waals surface area contributed by atoms with E-state index in [-0.39, 0.29) is 0 Å². The highest BCUT2D eigenvalue weighted by atomic mass is 16.5. The highest BCUT2D eigenvalue weighted by molar-refractivity contribution is 5.79. The van der Waals surface area contributed by atoms with Gasteiger partial charge in [0.1, 0.15) is 5.76 Å². The Morgan fingerprint density at radius 2 is 1.68 bits per heavy atom. The molecule has 0 unspecified atom stereocenters. The predicted molar refractivity (Wildman–Crippen MR) is 112 cm³/mol. The van der Waals surface area contributed by atoms with Crippen LogP contribution < -0.4 is 10.6 Å². The van der Waals surface area contributed by atoms with Crippen molar-refractivity contribution >= 4 is 5.96 Å². The van der Waals surface area contributed by atoms with Gasteiger partial charge in [-0.25, -0.2) is 0 Å². The Labute approximate surface area is 166 Å². The van der Waals surface area contributed by atoms with E-state index in [1.54, 1.807) is 13.3 Å². The van der Waals surface area contributed by atoms with Crippen LogP contribution in [0.15, 0.2) is 82.4 Å². The average Bonchev–Trinajstić information content (AvgIpc) is 3.26. The summed E-state index contributed by atoms with van der Waals surface area (Å²) in [6.07, 6.45) is 2.51. The fourth-order valence-electron chi connectivity index (χ4n) is 2.88. The molecule has 0 bridgehead atoms. The number of rotatable bonds is 9. The number of hydrogen-bond acceptors (Lipinski definition) is 3. The lowest BCUT2D eigenvalue weighted by atomic mass is 10.1. The van der Waals surface area contributed by atoms with Crippen LogP contribution in [0.3, 0.4) is 0 Å². The number of guanidine groups is 1. The largest absolute Gasteiger partial charge is 0.469 e. The molecule has 146 valence electrons. The Morgan fingerprint density at radius 1 is 0.893 bits per heavy atom. The van der Waals surface area contributed by atoms with Crippen molar-refractivity contribution in [3.05, 3.63) is 95.4 Å².